The third-order valence-corrected chi connectivity index (χ3v) is 1.38. The van der Waals surface area contributed by atoms with Crippen molar-refractivity contribution >= 4 is 11.9 Å². The highest BCUT2D eigenvalue weighted by molar-refractivity contribution is 5.85. The molecule has 0 saturated carbocycles. The van der Waals surface area contributed by atoms with Crippen LogP contribution in [0.25, 0.3) is 0 Å². The number of aliphatic carboxylic acids is 2. The van der Waals surface area contributed by atoms with Crippen molar-refractivity contribution in [1.29, 1.82) is 0 Å². The summed E-state index contributed by atoms with van der Waals surface area (Å²) in [5.74, 6) is -2.10. The molecule has 0 spiro atoms. The van der Waals surface area contributed by atoms with Crippen LogP contribution in [0.4, 0.5) is 0 Å². The molecule has 0 unspecified atom stereocenters. The first-order valence-corrected chi connectivity index (χ1v) is 4.32. The van der Waals surface area contributed by atoms with Gasteiger partial charge in [-0.25, -0.2) is 9.59 Å². The van der Waals surface area contributed by atoms with Crippen LogP contribution in [0, 0.1) is 0 Å². The smallest absolute Gasteiger partial charge is 0.333 e. The number of ether oxygens (including phenoxy) is 2. The minimum atomic E-state index is -1.09. The second-order valence-electron chi connectivity index (χ2n) is 2.76. The molecule has 0 aliphatic heterocycles. The molecule has 0 aromatic rings. The SMILES string of the molecule is C=C(COCCCOCC(=O)O)C(=O)O. The summed E-state index contributed by atoms with van der Waals surface area (Å²) in [5.41, 5.74) is -0.0125. The Morgan fingerprint density at radius 2 is 1.60 bits per heavy atom. The molecular weight excluding hydrogens is 204 g/mol. The standard InChI is InChI=1S/C9H14O6/c1-7(9(12)13)5-14-3-2-4-15-6-8(10)11/h1-6H2,(H,10,11)(H,12,13). The van der Waals surface area contributed by atoms with E-state index in [0.29, 0.717) is 13.0 Å². The summed E-state index contributed by atoms with van der Waals surface area (Å²) in [4.78, 5) is 20.3. The van der Waals surface area contributed by atoms with E-state index in [4.69, 9.17) is 19.7 Å². The fourth-order valence-electron chi connectivity index (χ4n) is 0.680. The highest BCUT2D eigenvalue weighted by Crippen LogP contribution is 1.93. The lowest BCUT2D eigenvalue weighted by Crippen LogP contribution is -2.11. The maximum atomic E-state index is 10.3. The van der Waals surface area contributed by atoms with Gasteiger partial charge in [0.2, 0.25) is 0 Å². The maximum Gasteiger partial charge on any atom is 0.333 e. The van der Waals surface area contributed by atoms with Crippen LogP contribution < -0.4 is 0 Å². The summed E-state index contributed by atoms with van der Waals surface area (Å²) in [6.07, 6.45) is 0.514. The van der Waals surface area contributed by atoms with E-state index in [2.05, 4.69) is 6.58 Å². The number of carbonyl (C=O) groups is 2. The molecule has 0 radical (unpaired) electrons. The summed E-state index contributed by atoms with van der Waals surface area (Å²) in [6.45, 7) is 3.49. The second kappa shape index (κ2) is 7.95. The van der Waals surface area contributed by atoms with Gasteiger partial charge in [-0.3, -0.25) is 0 Å². The molecule has 0 fully saturated rings. The first-order chi connectivity index (χ1) is 7.04. The van der Waals surface area contributed by atoms with E-state index < -0.39 is 11.9 Å². The van der Waals surface area contributed by atoms with E-state index in [-0.39, 0.29) is 25.4 Å². The first-order valence-electron chi connectivity index (χ1n) is 4.32. The minimum Gasteiger partial charge on any atom is -0.480 e. The van der Waals surface area contributed by atoms with Gasteiger partial charge in [0.1, 0.15) is 6.61 Å². The van der Waals surface area contributed by atoms with Crippen molar-refractivity contribution in [2.45, 2.75) is 6.42 Å². The van der Waals surface area contributed by atoms with Gasteiger partial charge in [-0.15, -0.1) is 0 Å². The number of rotatable bonds is 9. The van der Waals surface area contributed by atoms with Crippen molar-refractivity contribution in [3.8, 4) is 0 Å². The Morgan fingerprint density at radius 3 is 2.07 bits per heavy atom. The summed E-state index contributed by atoms with van der Waals surface area (Å²) in [5, 5.41) is 16.6. The topological polar surface area (TPSA) is 93.1 Å². The van der Waals surface area contributed by atoms with Crippen molar-refractivity contribution in [2.24, 2.45) is 0 Å². The van der Waals surface area contributed by atoms with Gasteiger partial charge in [-0.1, -0.05) is 6.58 Å². The molecule has 0 aliphatic rings. The van der Waals surface area contributed by atoms with Crippen LogP contribution in [0.3, 0.4) is 0 Å². The van der Waals surface area contributed by atoms with E-state index in [0.717, 1.165) is 0 Å². The normalized spacial score (nSPS) is 9.87. The zero-order valence-corrected chi connectivity index (χ0v) is 8.27. The lowest BCUT2D eigenvalue weighted by atomic mass is 10.3. The predicted molar refractivity (Wildman–Crippen MR) is 50.7 cm³/mol. The number of carboxylic acids is 2. The summed E-state index contributed by atoms with van der Waals surface area (Å²) in [6, 6.07) is 0. The number of carboxylic acid groups (broad SMARTS) is 2. The molecule has 0 bridgehead atoms. The molecule has 0 saturated heterocycles. The first kappa shape index (κ1) is 13.6. The van der Waals surface area contributed by atoms with Crippen molar-refractivity contribution < 1.29 is 29.3 Å². The monoisotopic (exact) mass is 218 g/mol. The number of hydrogen-bond acceptors (Lipinski definition) is 4. The molecule has 0 atom stereocenters. The molecule has 0 aliphatic carbocycles. The quantitative estimate of drug-likeness (QED) is 0.422. The fraction of sp³-hybridized carbons (Fsp3) is 0.556. The van der Waals surface area contributed by atoms with Crippen LogP contribution in [0.1, 0.15) is 6.42 Å². The van der Waals surface area contributed by atoms with Crippen molar-refractivity contribution in [1.82, 2.24) is 0 Å². The number of hydrogen-bond donors (Lipinski definition) is 2. The molecule has 0 aromatic heterocycles. The molecule has 0 aromatic carbocycles. The average molecular weight is 218 g/mol. The summed E-state index contributed by atoms with van der Waals surface area (Å²) < 4.78 is 9.69. The third-order valence-electron chi connectivity index (χ3n) is 1.38. The molecule has 0 amide bonds. The van der Waals surface area contributed by atoms with Crippen LogP contribution in [-0.2, 0) is 19.1 Å². The molecule has 86 valence electrons. The Labute approximate surface area is 87.1 Å². The molecule has 15 heavy (non-hydrogen) atoms. The molecule has 6 nitrogen and oxygen atoms in total. The maximum absolute atomic E-state index is 10.3. The second-order valence-corrected chi connectivity index (χ2v) is 2.76. The highest BCUT2D eigenvalue weighted by atomic mass is 16.5. The molecule has 0 rings (SSSR count). The largest absolute Gasteiger partial charge is 0.480 e. The van der Waals surface area contributed by atoms with Crippen LogP contribution >= 0.6 is 0 Å². The van der Waals surface area contributed by atoms with Gasteiger partial charge >= 0.3 is 11.9 Å². The predicted octanol–water partition coefficient (Wildman–Crippen LogP) is 0.135. The van der Waals surface area contributed by atoms with Crippen LogP contribution in [0.5, 0.6) is 0 Å². The van der Waals surface area contributed by atoms with E-state index >= 15 is 0 Å². The molecule has 2 N–H and O–H groups in total. The zero-order chi connectivity index (χ0) is 11.7. The fourth-order valence-corrected chi connectivity index (χ4v) is 0.680. The Morgan fingerprint density at radius 1 is 1.07 bits per heavy atom. The molecular formula is C9H14O6. The third kappa shape index (κ3) is 8.92. The highest BCUT2D eigenvalue weighted by Gasteiger charge is 2.03. The van der Waals surface area contributed by atoms with Gasteiger partial charge in [-0.05, 0) is 6.42 Å². The average Bonchev–Trinajstić information content (AvgIpc) is 2.15. The Bertz CT molecular complexity index is 235. The van der Waals surface area contributed by atoms with Crippen LogP contribution in [0.2, 0.25) is 0 Å². The van der Waals surface area contributed by atoms with Crippen molar-refractivity contribution in [2.75, 3.05) is 26.4 Å². The molecule has 0 heterocycles. The zero-order valence-electron chi connectivity index (χ0n) is 8.27. The molecule has 6 heteroatoms. The van der Waals surface area contributed by atoms with E-state index in [9.17, 15) is 9.59 Å². The minimum absolute atomic E-state index is 0.0125. The lowest BCUT2D eigenvalue weighted by Gasteiger charge is -2.03. The Kier molecular flexibility index (Phi) is 7.21. The van der Waals surface area contributed by atoms with E-state index in [1.807, 2.05) is 0 Å². The van der Waals surface area contributed by atoms with E-state index in [1.54, 1.807) is 0 Å². The Balaban J connectivity index is 3.22. The summed E-state index contributed by atoms with van der Waals surface area (Å²) in [7, 11) is 0. The van der Waals surface area contributed by atoms with Gasteiger partial charge in [0.15, 0.2) is 0 Å². The van der Waals surface area contributed by atoms with Gasteiger partial charge < -0.3 is 19.7 Å². The summed E-state index contributed by atoms with van der Waals surface area (Å²) >= 11 is 0. The van der Waals surface area contributed by atoms with Crippen LogP contribution in [0.15, 0.2) is 12.2 Å². The lowest BCUT2D eigenvalue weighted by molar-refractivity contribution is -0.142. The van der Waals surface area contributed by atoms with Crippen LogP contribution in [-0.4, -0.2) is 48.6 Å². The van der Waals surface area contributed by atoms with Crippen molar-refractivity contribution in [3.05, 3.63) is 12.2 Å². The van der Waals surface area contributed by atoms with Gasteiger partial charge in [0, 0.05) is 13.2 Å². The Hall–Kier alpha value is -1.40. The van der Waals surface area contributed by atoms with Gasteiger partial charge in [0.05, 0.1) is 12.2 Å². The van der Waals surface area contributed by atoms with Gasteiger partial charge in [-0.2, -0.15) is 0 Å². The van der Waals surface area contributed by atoms with E-state index in [1.165, 1.54) is 0 Å². The van der Waals surface area contributed by atoms with Crippen molar-refractivity contribution in [3.63, 3.8) is 0 Å². The van der Waals surface area contributed by atoms with Gasteiger partial charge in [0.25, 0.3) is 0 Å².